The molecular weight excluding hydrogens is 478 g/mol. The first-order valence-corrected chi connectivity index (χ1v) is 13.0. The van der Waals surface area contributed by atoms with Crippen LogP contribution in [0.1, 0.15) is 61.7 Å². The molecule has 3 aromatic rings. The molecule has 0 aliphatic carbocycles. The minimum absolute atomic E-state index is 0.143. The number of carboxylic acids is 1. The SMILES string of the molecule is COc1cc(C(=O)N2c3cccc(OCC(C)C)c3CC2(Cc2ccccc2)C(=O)O)ccc1C(C)(C)C. The van der Waals surface area contributed by atoms with Crippen LogP contribution in [-0.2, 0) is 23.1 Å². The summed E-state index contributed by atoms with van der Waals surface area (Å²) in [5.41, 5.74) is 1.77. The molecule has 0 aromatic heterocycles. The van der Waals surface area contributed by atoms with Gasteiger partial charge >= 0.3 is 5.97 Å². The molecule has 3 aromatic carbocycles. The lowest BCUT2D eigenvalue weighted by Crippen LogP contribution is -2.57. The Kier molecular flexibility index (Phi) is 7.54. The predicted molar refractivity (Wildman–Crippen MR) is 149 cm³/mol. The van der Waals surface area contributed by atoms with E-state index in [2.05, 4.69) is 34.6 Å². The van der Waals surface area contributed by atoms with E-state index in [9.17, 15) is 14.7 Å². The van der Waals surface area contributed by atoms with Gasteiger partial charge in [-0.3, -0.25) is 9.69 Å². The van der Waals surface area contributed by atoms with Crippen LogP contribution in [0.5, 0.6) is 11.5 Å². The highest BCUT2D eigenvalue weighted by atomic mass is 16.5. The maximum absolute atomic E-state index is 14.3. The van der Waals surface area contributed by atoms with E-state index >= 15 is 0 Å². The number of ether oxygens (including phenoxy) is 2. The summed E-state index contributed by atoms with van der Waals surface area (Å²) in [7, 11) is 1.58. The summed E-state index contributed by atoms with van der Waals surface area (Å²) in [6.07, 6.45) is 0.300. The highest BCUT2D eigenvalue weighted by molar-refractivity contribution is 6.13. The molecule has 1 atom stereocenters. The Labute approximate surface area is 225 Å². The van der Waals surface area contributed by atoms with Crippen LogP contribution in [0.2, 0.25) is 0 Å². The molecule has 1 amide bonds. The van der Waals surface area contributed by atoms with Crippen molar-refractivity contribution < 1.29 is 24.2 Å². The molecule has 1 heterocycles. The van der Waals surface area contributed by atoms with E-state index in [1.807, 2.05) is 54.6 Å². The van der Waals surface area contributed by atoms with Gasteiger partial charge < -0.3 is 14.6 Å². The highest BCUT2D eigenvalue weighted by Gasteiger charge is 2.54. The first-order chi connectivity index (χ1) is 18.0. The van der Waals surface area contributed by atoms with E-state index in [1.54, 1.807) is 19.2 Å². The fourth-order valence-corrected chi connectivity index (χ4v) is 5.13. The van der Waals surface area contributed by atoms with Crippen LogP contribution in [-0.4, -0.2) is 36.2 Å². The fraction of sp³-hybridized carbons (Fsp3) is 0.375. The number of rotatable bonds is 8. The number of aliphatic carboxylic acids is 1. The molecule has 6 nitrogen and oxygen atoms in total. The molecule has 1 unspecified atom stereocenters. The summed E-state index contributed by atoms with van der Waals surface area (Å²) in [5.74, 6) is 0.0693. The second-order valence-corrected chi connectivity index (χ2v) is 11.4. The first kappa shape index (κ1) is 27.2. The number of carboxylic acid groups (broad SMARTS) is 1. The van der Waals surface area contributed by atoms with Crippen LogP contribution < -0.4 is 14.4 Å². The summed E-state index contributed by atoms with van der Waals surface area (Å²) < 4.78 is 11.8. The quantitative estimate of drug-likeness (QED) is 0.381. The van der Waals surface area contributed by atoms with Crippen LogP contribution in [0.25, 0.3) is 0 Å². The average molecular weight is 516 g/mol. The van der Waals surface area contributed by atoms with Crippen molar-refractivity contribution in [1.29, 1.82) is 0 Å². The van der Waals surface area contributed by atoms with Crippen LogP contribution >= 0.6 is 0 Å². The molecule has 1 N–H and O–H groups in total. The van der Waals surface area contributed by atoms with Crippen molar-refractivity contribution in [2.75, 3.05) is 18.6 Å². The molecule has 1 aliphatic heterocycles. The van der Waals surface area contributed by atoms with E-state index < -0.39 is 11.5 Å². The molecule has 4 rings (SSSR count). The van der Waals surface area contributed by atoms with E-state index in [1.165, 1.54) is 4.90 Å². The van der Waals surface area contributed by atoms with Gasteiger partial charge in [-0.15, -0.1) is 0 Å². The summed E-state index contributed by atoms with van der Waals surface area (Å²) in [6, 6.07) is 20.3. The number of hydrogen-bond donors (Lipinski definition) is 1. The number of carbonyl (C=O) groups is 2. The van der Waals surface area contributed by atoms with Gasteiger partial charge in [0.2, 0.25) is 0 Å². The summed E-state index contributed by atoms with van der Waals surface area (Å²) in [4.78, 5) is 28.9. The lowest BCUT2D eigenvalue weighted by molar-refractivity contribution is -0.143. The van der Waals surface area contributed by atoms with Gasteiger partial charge in [0.25, 0.3) is 5.91 Å². The standard InChI is InChI=1S/C32H37NO5/c1-21(2)20-38-27-14-10-13-26-24(27)19-32(30(35)36,18-22-11-8-7-9-12-22)33(26)29(34)23-15-16-25(31(3,4)5)28(17-23)37-6/h7-17,21H,18-20H2,1-6H3,(H,35,36). The summed E-state index contributed by atoms with van der Waals surface area (Å²) >= 11 is 0. The third-order valence-corrected chi connectivity index (χ3v) is 7.02. The van der Waals surface area contributed by atoms with Crippen molar-refractivity contribution in [2.24, 2.45) is 5.92 Å². The van der Waals surface area contributed by atoms with Gasteiger partial charge in [0, 0.05) is 24.0 Å². The second-order valence-electron chi connectivity index (χ2n) is 11.4. The number of fused-ring (bicyclic) bond motifs is 1. The number of anilines is 1. The fourth-order valence-electron chi connectivity index (χ4n) is 5.13. The van der Waals surface area contributed by atoms with Gasteiger partial charge in [0.1, 0.15) is 11.5 Å². The molecule has 38 heavy (non-hydrogen) atoms. The minimum Gasteiger partial charge on any atom is -0.496 e. The number of benzene rings is 3. The third-order valence-electron chi connectivity index (χ3n) is 7.02. The molecule has 0 saturated heterocycles. The molecule has 0 radical (unpaired) electrons. The maximum atomic E-state index is 14.3. The number of amides is 1. The van der Waals surface area contributed by atoms with Crippen LogP contribution in [0.15, 0.2) is 66.7 Å². The van der Waals surface area contributed by atoms with Gasteiger partial charge in [0.05, 0.1) is 19.4 Å². The van der Waals surface area contributed by atoms with Crippen molar-refractivity contribution >= 4 is 17.6 Å². The van der Waals surface area contributed by atoms with Gasteiger partial charge in [-0.25, -0.2) is 4.79 Å². The predicted octanol–water partition coefficient (Wildman–Crippen LogP) is 6.30. The van der Waals surface area contributed by atoms with Crippen molar-refractivity contribution in [3.8, 4) is 11.5 Å². The smallest absolute Gasteiger partial charge is 0.330 e. The third kappa shape index (κ3) is 5.13. The van der Waals surface area contributed by atoms with E-state index in [4.69, 9.17) is 9.47 Å². The highest BCUT2D eigenvalue weighted by Crippen LogP contribution is 2.46. The zero-order valence-electron chi connectivity index (χ0n) is 23.1. The number of nitrogens with zero attached hydrogens (tertiary/aromatic N) is 1. The number of methoxy groups -OCH3 is 1. The van der Waals surface area contributed by atoms with Gasteiger partial charge in [-0.1, -0.05) is 77.1 Å². The van der Waals surface area contributed by atoms with Gasteiger partial charge in [0.15, 0.2) is 5.54 Å². The largest absolute Gasteiger partial charge is 0.496 e. The average Bonchev–Trinajstić information content (AvgIpc) is 3.22. The maximum Gasteiger partial charge on any atom is 0.330 e. The molecule has 6 heteroatoms. The monoisotopic (exact) mass is 515 g/mol. The van der Waals surface area contributed by atoms with Gasteiger partial charge in [-0.05, 0) is 46.7 Å². The number of hydrogen-bond acceptors (Lipinski definition) is 4. The van der Waals surface area contributed by atoms with E-state index in [0.717, 1.165) is 16.7 Å². The Hall–Kier alpha value is -3.80. The molecule has 1 aliphatic rings. The van der Waals surface area contributed by atoms with Gasteiger partial charge in [-0.2, -0.15) is 0 Å². The summed E-state index contributed by atoms with van der Waals surface area (Å²) in [6.45, 7) is 10.9. The Morgan fingerprint density at radius 2 is 1.71 bits per heavy atom. The van der Waals surface area contributed by atoms with Crippen molar-refractivity contribution in [3.05, 3.63) is 89.0 Å². The Balaban J connectivity index is 1.88. The molecule has 200 valence electrons. The van der Waals surface area contributed by atoms with Crippen molar-refractivity contribution in [2.45, 2.75) is 58.4 Å². The minimum atomic E-state index is -1.52. The lowest BCUT2D eigenvalue weighted by atomic mass is 9.85. The lowest BCUT2D eigenvalue weighted by Gasteiger charge is -2.35. The molecule has 0 bridgehead atoms. The molecule has 0 saturated carbocycles. The number of carbonyl (C=O) groups excluding carboxylic acids is 1. The second kappa shape index (κ2) is 10.5. The molecule has 0 fully saturated rings. The molecule has 0 spiro atoms. The van der Waals surface area contributed by atoms with Crippen molar-refractivity contribution in [1.82, 2.24) is 0 Å². The topological polar surface area (TPSA) is 76.1 Å². The Morgan fingerprint density at radius 1 is 1.00 bits per heavy atom. The van der Waals surface area contributed by atoms with Crippen LogP contribution in [0, 0.1) is 5.92 Å². The molecular formula is C32H37NO5. The van der Waals surface area contributed by atoms with Crippen LogP contribution in [0.4, 0.5) is 5.69 Å². The zero-order valence-corrected chi connectivity index (χ0v) is 23.1. The summed E-state index contributed by atoms with van der Waals surface area (Å²) in [5, 5.41) is 10.8. The van der Waals surface area contributed by atoms with E-state index in [0.29, 0.717) is 35.3 Å². The first-order valence-electron chi connectivity index (χ1n) is 13.0. The van der Waals surface area contributed by atoms with E-state index in [-0.39, 0.29) is 24.2 Å². The normalized spacial score (nSPS) is 16.9. The Bertz CT molecular complexity index is 1330. The zero-order chi connectivity index (χ0) is 27.7. The Morgan fingerprint density at radius 3 is 2.32 bits per heavy atom. The van der Waals surface area contributed by atoms with Crippen LogP contribution in [0.3, 0.4) is 0 Å². The van der Waals surface area contributed by atoms with Crippen molar-refractivity contribution in [3.63, 3.8) is 0 Å².